The molecule has 1 unspecified atom stereocenters. The Balaban J connectivity index is 1.57. The van der Waals surface area contributed by atoms with Gasteiger partial charge in [-0.1, -0.05) is 0 Å². The first-order chi connectivity index (χ1) is 12.5. The van der Waals surface area contributed by atoms with Crippen molar-refractivity contribution in [2.24, 2.45) is 0 Å². The lowest BCUT2D eigenvalue weighted by Crippen LogP contribution is -2.35. The molecule has 3 aromatic rings. The van der Waals surface area contributed by atoms with Crippen molar-refractivity contribution < 1.29 is 4.39 Å². The normalized spacial score (nSPS) is 18.5. The average Bonchev–Trinajstić information content (AvgIpc) is 3.07. The molecule has 136 valence electrons. The molecule has 1 saturated heterocycles. The van der Waals surface area contributed by atoms with E-state index in [9.17, 15) is 4.39 Å². The maximum Gasteiger partial charge on any atom is 0.252 e. The highest BCUT2D eigenvalue weighted by molar-refractivity contribution is 9.10. The van der Waals surface area contributed by atoms with Crippen LogP contribution in [0.1, 0.15) is 35.7 Å². The summed E-state index contributed by atoms with van der Waals surface area (Å²) in [5.74, 6) is 0.806. The summed E-state index contributed by atoms with van der Waals surface area (Å²) >= 11 is 3.27. The molecular formula is C18H20BrFN5P. The number of fused-ring (bicyclic) bond motifs is 1. The highest BCUT2D eigenvalue weighted by atomic mass is 79.9. The zero-order valence-electron chi connectivity index (χ0n) is 14.5. The van der Waals surface area contributed by atoms with E-state index in [1.54, 1.807) is 12.4 Å². The zero-order valence-corrected chi connectivity index (χ0v) is 17.2. The monoisotopic (exact) mass is 435 g/mol. The second kappa shape index (κ2) is 7.29. The number of rotatable bonds is 3. The van der Waals surface area contributed by atoms with Gasteiger partial charge in [0, 0.05) is 24.7 Å². The second-order valence-corrected chi connectivity index (χ2v) is 8.26. The molecule has 2 aromatic heterocycles. The lowest BCUT2D eigenvalue weighted by atomic mass is 9.93. The Bertz CT molecular complexity index is 937. The van der Waals surface area contributed by atoms with Gasteiger partial charge >= 0.3 is 0 Å². The van der Waals surface area contributed by atoms with Gasteiger partial charge in [0.25, 0.3) is 5.78 Å². The van der Waals surface area contributed by atoms with Crippen LogP contribution < -0.4 is 5.30 Å². The molecule has 1 aliphatic rings. The van der Waals surface area contributed by atoms with Crippen molar-refractivity contribution in [3.8, 4) is 0 Å². The first-order valence-corrected chi connectivity index (χ1v) is 10.0. The summed E-state index contributed by atoms with van der Waals surface area (Å²) in [7, 11) is 2.59. The van der Waals surface area contributed by atoms with Gasteiger partial charge in [0.2, 0.25) is 0 Å². The SMILES string of the molecule is Cc1cc([C@@H]2CCCN(Cc3cc(F)c(Br)c(P)c3)C2)n2ncnc2n1. The summed E-state index contributed by atoms with van der Waals surface area (Å²) < 4.78 is 16.4. The van der Waals surface area contributed by atoms with Crippen molar-refractivity contribution in [1.29, 1.82) is 0 Å². The fourth-order valence-corrected chi connectivity index (χ4v) is 4.29. The number of benzene rings is 1. The molecule has 2 atom stereocenters. The fraction of sp³-hybridized carbons (Fsp3) is 0.389. The Hall–Kier alpha value is -1.43. The molecule has 0 N–H and O–H groups in total. The van der Waals surface area contributed by atoms with E-state index in [4.69, 9.17) is 0 Å². The first-order valence-electron chi connectivity index (χ1n) is 8.64. The van der Waals surface area contributed by atoms with Crippen LogP contribution in [-0.2, 0) is 6.54 Å². The number of aromatic nitrogens is 4. The Kier molecular flexibility index (Phi) is 5.04. The number of likely N-dealkylation sites (tertiary alicyclic amines) is 1. The van der Waals surface area contributed by atoms with Gasteiger partial charge in [-0.2, -0.15) is 10.1 Å². The molecule has 0 spiro atoms. The number of nitrogens with zero attached hydrogens (tertiary/aromatic N) is 5. The van der Waals surface area contributed by atoms with Crippen molar-refractivity contribution in [2.75, 3.05) is 13.1 Å². The third-order valence-corrected chi connectivity index (χ3v) is 6.57. The van der Waals surface area contributed by atoms with Gasteiger partial charge in [-0.05, 0) is 71.3 Å². The third-order valence-electron chi connectivity index (χ3n) is 4.85. The molecular weight excluding hydrogens is 416 g/mol. The van der Waals surface area contributed by atoms with Crippen molar-refractivity contribution in [3.63, 3.8) is 0 Å². The molecule has 4 rings (SSSR count). The van der Waals surface area contributed by atoms with Gasteiger partial charge in [-0.25, -0.2) is 13.9 Å². The van der Waals surface area contributed by atoms with Crippen LogP contribution in [0.5, 0.6) is 0 Å². The van der Waals surface area contributed by atoms with Gasteiger partial charge in [-0.3, -0.25) is 4.90 Å². The number of hydrogen-bond donors (Lipinski definition) is 0. The summed E-state index contributed by atoms with van der Waals surface area (Å²) in [6, 6.07) is 5.75. The van der Waals surface area contributed by atoms with Crippen LogP contribution in [0.15, 0.2) is 29.0 Å². The van der Waals surface area contributed by atoms with Gasteiger partial charge in [0.1, 0.15) is 12.1 Å². The minimum atomic E-state index is -0.213. The Labute approximate surface area is 162 Å². The van der Waals surface area contributed by atoms with Crippen molar-refractivity contribution in [2.45, 2.75) is 32.2 Å². The minimum absolute atomic E-state index is 0.213. The van der Waals surface area contributed by atoms with Gasteiger partial charge in [0.05, 0.1) is 10.2 Å². The molecule has 3 heterocycles. The standard InChI is InChI=1S/C18H20BrFN5P/c1-11-5-15(25-18(23-11)21-10-22-25)13-3-2-4-24(9-13)8-12-6-14(20)17(19)16(26)7-12/h5-7,10,13H,2-4,8-9,26H2,1H3/t13-/m1/s1. The van der Waals surface area contributed by atoms with Crippen molar-refractivity contribution >= 4 is 36.3 Å². The van der Waals surface area contributed by atoms with Crippen LogP contribution in [-0.4, -0.2) is 37.6 Å². The van der Waals surface area contributed by atoms with E-state index < -0.39 is 0 Å². The predicted octanol–water partition coefficient (Wildman–Crippen LogP) is 3.21. The van der Waals surface area contributed by atoms with Gasteiger partial charge in [0.15, 0.2) is 0 Å². The first kappa shape index (κ1) is 18.0. The summed E-state index contributed by atoms with van der Waals surface area (Å²) in [6.45, 7) is 4.67. The summed E-state index contributed by atoms with van der Waals surface area (Å²) in [5.41, 5.74) is 3.11. The quantitative estimate of drug-likeness (QED) is 0.592. The second-order valence-electron chi connectivity index (χ2n) is 6.85. The number of piperidine rings is 1. The van der Waals surface area contributed by atoms with E-state index in [0.29, 0.717) is 16.2 Å². The van der Waals surface area contributed by atoms with E-state index in [0.717, 1.165) is 54.7 Å². The molecule has 0 saturated carbocycles. The van der Waals surface area contributed by atoms with Crippen LogP contribution in [0.4, 0.5) is 4.39 Å². The molecule has 1 aliphatic heterocycles. The smallest absolute Gasteiger partial charge is 0.252 e. The lowest BCUT2D eigenvalue weighted by molar-refractivity contribution is 0.197. The minimum Gasteiger partial charge on any atom is -0.298 e. The van der Waals surface area contributed by atoms with Crippen molar-refractivity contribution in [3.05, 3.63) is 51.8 Å². The van der Waals surface area contributed by atoms with E-state index in [1.165, 1.54) is 0 Å². The molecule has 8 heteroatoms. The number of aryl methyl sites for hydroxylation is 1. The highest BCUT2D eigenvalue weighted by Crippen LogP contribution is 2.28. The summed E-state index contributed by atoms with van der Waals surface area (Å²) in [6.07, 6.45) is 3.77. The van der Waals surface area contributed by atoms with E-state index in [-0.39, 0.29) is 5.82 Å². The molecule has 1 aromatic carbocycles. The Morgan fingerprint density at radius 3 is 3.00 bits per heavy atom. The molecule has 5 nitrogen and oxygen atoms in total. The lowest BCUT2D eigenvalue weighted by Gasteiger charge is -2.33. The maximum absolute atomic E-state index is 14.0. The van der Waals surface area contributed by atoms with Crippen LogP contribution in [0.3, 0.4) is 0 Å². The summed E-state index contributed by atoms with van der Waals surface area (Å²) in [5, 5.41) is 5.19. The van der Waals surface area contributed by atoms with Crippen molar-refractivity contribution in [1.82, 2.24) is 24.5 Å². The Morgan fingerprint density at radius 1 is 1.35 bits per heavy atom. The summed E-state index contributed by atoms with van der Waals surface area (Å²) in [4.78, 5) is 11.0. The molecule has 1 fully saturated rings. The molecule has 0 bridgehead atoms. The van der Waals surface area contributed by atoms with Crippen LogP contribution >= 0.6 is 25.2 Å². The highest BCUT2D eigenvalue weighted by Gasteiger charge is 2.24. The fourth-order valence-electron chi connectivity index (χ4n) is 3.71. The molecule has 26 heavy (non-hydrogen) atoms. The zero-order chi connectivity index (χ0) is 18.3. The number of halogens is 2. The van der Waals surface area contributed by atoms with Gasteiger partial charge < -0.3 is 0 Å². The van der Waals surface area contributed by atoms with E-state index in [1.807, 2.05) is 17.5 Å². The van der Waals surface area contributed by atoms with Crippen LogP contribution in [0.25, 0.3) is 5.78 Å². The predicted molar refractivity (Wildman–Crippen MR) is 106 cm³/mol. The number of hydrogen-bond acceptors (Lipinski definition) is 4. The largest absolute Gasteiger partial charge is 0.298 e. The Morgan fingerprint density at radius 2 is 2.19 bits per heavy atom. The van der Waals surface area contributed by atoms with Gasteiger partial charge in [-0.15, -0.1) is 9.24 Å². The van der Waals surface area contributed by atoms with Crippen LogP contribution in [0.2, 0.25) is 0 Å². The maximum atomic E-state index is 14.0. The molecule has 0 amide bonds. The molecule has 0 radical (unpaired) electrons. The molecule has 0 aliphatic carbocycles. The van der Waals surface area contributed by atoms with E-state index >= 15 is 0 Å². The third kappa shape index (κ3) is 3.53. The van der Waals surface area contributed by atoms with E-state index in [2.05, 4.69) is 51.2 Å². The average molecular weight is 436 g/mol. The van der Waals surface area contributed by atoms with Crippen LogP contribution in [0, 0.1) is 12.7 Å². The topological polar surface area (TPSA) is 46.3 Å².